The van der Waals surface area contributed by atoms with E-state index in [4.69, 9.17) is 10.2 Å². The second kappa shape index (κ2) is 6.63. The molecule has 0 saturated carbocycles. The Kier molecular flexibility index (Phi) is 5.00. The largest absolute Gasteiger partial charge is 0.481 e. The van der Waals surface area contributed by atoms with E-state index in [1.54, 1.807) is 0 Å². The van der Waals surface area contributed by atoms with Gasteiger partial charge in [-0.3, -0.25) is 9.59 Å². The molecule has 1 aliphatic heterocycles. The SMILES string of the molecule is NS(=O)(=O)CC1CC(=O)N(C(CC(=O)O)c2ccc(F)cc2)C1. The van der Waals surface area contributed by atoms with Gasteiger partial charge in [-0.2, -0.15) is 0 Å². The molecule has 126 valence electrons. The maximum absolute atomic E-state index is 13.0. The quantitative estimate of drug-likeness (QED) is 0.778. The smallest absolute Gasteiger partial charge is 0.305 e. The zero-order valence-corrected chi connectivity index (χ0v) is 13.0. The van der Waals surface area contributed by atoms with Crippen molar-refractivity contribution in [2.45, 2.75) is 18.9 Å². The lowest BCUT2D eigenvalue weighted by Gasteiger charge is -2.27. The minimum absolute atomic E-state index is 0.00621. The van der Waals surface area contributed by atoms with Gasteiger partial charge in [-0.25, -0.2) is 17.9 Å². The summed E-state index contributed by atoms with van der Waals surface area (Å²) in [4.78, 5) is 24.6. The van der Waals surface area contributed by atoms with Gasteiger partial charge in [0.05, 0.1) is 18.2 Å². The minimum atomic E-state index is -3.72. The number of carboxylic acids is 1. The molecule has 1 aromatic rings. The predicted octanol–water partition coefficient (Wildman–Crippen LogP) is 0.479. The molecule has 0 spiro atoms. The number of likely N-dealkylation sites (tertiary alicyclic amines) is 1. The number of hydrogen-bond donors (Lipinski definition) is 2. The van der Waals surface area contributed by atoms with Gasteiger partial charge >= 0.3 is 5.97 Å². The van der Waals surface area contributed by atoms with Crippen molar-refractivity contribution in [2.75, 3.05) is 12.3 Å². The molecule has 1 aliphatic rings. The lowest BCUT2D eigenvalue weighted by atomic mass is 10.0. The van der Waals surface area contributed by atoms with Crippen molar-refractivity contribution in [1.82, 2.24) is 4.90 Å². The van der Waals surface area contributed by atoms with Gasteiger partial charge < -0.3 is 10.0 Å². The molecule has 0 radical (unpaired) electrons. The Morgan fingerprint density at radius 3 is 2.52 bits per heavy atom. The molecular weight excluding hydrogens is 327 g/mol. The standard InChI is InChI=1S/C14H17FN2O5S/c15-11-3-1-10(2-4-11)12(6-14(19)20)17-7-9(5-13(17)18)8-23(16,21)22/h1-4,9,12H,5-8H2,(H,19,20)(H2,16,21,22). The van der Waals surface area contributed by atoms with Gasteiger partial charge in [0.25, 0.3) is 0 Å². The van der Waals surface area contributed by atoms with E-state index in [0.29, 0.717) is 5.56 Å². The molecule has 1 saturated heterocycles. The van der Waals surface area contributed by atoms with E-state index in [0.717, 1.165) is 0 Å². The number of primary sulfonamides is 1. The van der Waals surface area contributed by atoms with Crippen molar-refractivity contribution in [3.05, 3.63) is 35.6 Å². The molecule has 3 N–H and O–H groups in total. The second-order valence-electron chi connectivity index (χ2n) is 5.61. The number of sulfonamides is 1. The number of rotatable bonds is 6. The molecule has 1 heterocycles. The van der Waals surface area contributed by atoms with Crippen LogP contribution in [0.5, 0.6) is 0 Å². The van der Waals surface area contributed by atoms with Crippen molar-refractivity contribution >= 4 is 21.9 Å². The highest BCUT2D eigenvalue weighted by molar-refractivity contribution is 7.89. The van der Waals surface area contributed by atoms with E-state index in [9.17, 15) is 22.4 Å². The summed E-state index contributed by atoms with van der Waals surface area (Å²) in [6.07, 6.45) is -0.354. The first kappa shape index (κ1) is 17.4. The van der Waals surface area contributed by atoms with Crippen LogP contribution in [0.2, 0.25) is 0 Å². The van der Waals surface area contributed by atoms with Crippen LogP contribution in [0.4, 0.5) is 4.39 Å². The summed E-state index contributed by atoms with van der Waals surface area (Å²) in [5, 5.41) is 14.1. The van der Waals surface area contributed by atoms with E-state index < -0.39 is 33.8 Å². The van der Waals surface area contributed by atoms with E-state index in [1.165, 1.54) is 29.2 Å². The third-order valence-corrected chi connectivity index (χ3v) is 4.64. The number of carbonyl (C=O) groups is 2. The first-order chi connectivity index (χ1) is 10.7. The van der Waals surface area contributed by atoms with Crippen molar-refractivity contribution < 1.29 is 27.5 Å². The lowest BCUT2D eigenvalue weighted by Crippen LogP contribution is -2.33. The van der Waals surface area contributed by atoms with Gasteiger partial charge in [0.1, 0.15) is 5.82 Å². The molecule has 2 atom stereocenters. The summed E-state index contributed by atoms with van der Waals surface area (Å²) >= 11 is 0. The Morgan fingerprint density at radius 2 is 2.00 bits per heavy atom. The topological polar surface area (TPSA) is 118 Å². The van der Waals surface area contributed by atoms with E-state index >= 15 is 0 Å². The minimum Gasteiger partial charge on any atom is -0.481 e. The molecule has 2 rings (SSSR count). The molecule has 9 heteroatoms. The summed E-state index contributed by atoms with van der Waals surface area (Å²) in [5.41, 5.74) is 0.485. The Hall–Kier alpha value is -2.00. The number of hydrogen-bond acceptors (Lipinski definition) is 4. The van der Waals surface area contributed by atoms with Gasteiger partial charge in [0.15, 0.2) is 0 Å². The van der Waals surface area contributed by atoms with Crippen LogP contribution >= 0.6 is 0 Å². The molecule has 2 unspecified atom stereocenters. The second-order valence-corrected chi connectivity index (χ2v) is 7.27. The van der Waals surface area contributed by atoms with Crippen LogP contribution in [0.25, 0.3) is 0 Å². The van der Waals surface area contributed by atoms with Crippen LogP contribution in [0.1, 0.15) is 24.4 Å². The van der Waals surface area contributed by atoms with Gasteiger partial charge in [0, 0.05) is 18.9 Å². The third kappa shape index (κ3) is 4.73. The van der Waals surface area contributed by atoms with Crippen LogP contribution in [0.3, 0.4) is 0 Å². The van der Waals surface area contributed by atoms with Crippen molar-refractivity contribution in [3.8, 4) is 0 Å². The highest BCUT2D eigenvalue weighted by Crippen LogP contribution is 2.31. The van der Waals surface area contributed by atoms with Crippen LogP contribution in [-0.2, 0) is 19.6 Å². The number of benzene rings is 1. The van der Waals surface area contributed by atoms with E-state index in [-0.39, 0.29) is 31.0 Å². The van der Waals surface area contributed by atoms with E-state index in [1.807, 2.05) is 0 Å². The average molecular weight is 344 g/mol. The van der Waals surface area contributed by atoms with Crippen LogP contribution in [-0.4, -0.2) is 42.6 Å². The maximum atomic E-state index is 13.0. The maximum Gasteiger partial charge on any atom is 0.305 e. The predicted molar refractivity (Wildman–Crippen MR) is 79.2 cm³/mol. The van der Waals surface area contributed by atoms with Crippen LogP contribution < -0.4 is 5.14 Å². The monoisotopic (exact) mass is 344 g/mol. The first-order valence-corrected chi connectivity index (χ1v) is 8.64. The number of aliphatic carboxylic acids is 1. The number of carbonyl (C=O) groups excluding carboxylic acids is 1. The summed E-state index contributed by atoms with van der Waals surface area (Å²) in [6, 6.07) is 4.44. The summed E-state index contributed by atoms with van der Waals surface area (Å²) < 4.78 is 35.4. The molecule has 0 bridgehead atoms. The zero-order valence-electron chi connectivity index (χ0n) is 12.2. The number of halogens is 1. The van der Waals surface area contributed by atoms with Gasteiger partial charge in [-0.05, 0) is 17.7 Å². The molecule has 23 heavy (non-hydrogen) atoms. The van der Waals surface area contributed by atoms with Crippen molar-refractivity contribution in [1.29, 1.82) is 0 Å². The van der Waals surface area contributed by atoms with Crippen LogP contribution in [0.15, 0.2) is 24.3 Å². The molecule has 0 aromatic heterocycles. The fourth-order valence-corrected chi connectivity index (χ4v) is 3.69. The van der Waals surface area contributed by atoms with Crippen LogP contribution in [0, 0.1) is 11.7 Å². The normalized spacial score (nSPS) is 19.8. The van der Waals surface area contributed by atoms with Gasteiger partial charge in [0.2, 0.25) is 15.9 Å². The number of amides is 1. The van der Waals surface area contributed by atoms with Gasteiger partial charge in [-0.15, -0.1) is 0 Å². The lowest BCUT2D eigenvalue weighted by molar-refractivity contribution is -0.139. The zero-order chi connectivity index (χ0) is 17.2. The first-order valence-electron chi connectivity index (χ1n) is 6.93. The Balaban J connectivity index is 2.23. The molecule has 1 aromatic carbocycles. The number of nitrogens with zero attached hydrogens (tertiary/aromatic N) is 1. The Morgan fingerprint density at radius 1 is 1.39 bits per heavy atom. The highest BCUT2D eigenvalue weighted by Gasteiger charge is 2.37. The highest BCUT2D eigenvalue weighted by atomic mass is 32.2. The molecule has 7 nitrogen and oxygen atoms in total. The molecular formula is C14H17FN2O5S. The van der Waals surface area contributed by atoms with Crippen molar-refractivity contribution in [2.24, 2.45) is 11.1 Å². The number of nitrogens with two attached hydrogens (primary N) is 1. The Labute approximate surface area is 132 Å². The summed E-state index contributed by atoms with van der Waals surface area (Å²) in [5.74, 6) is -2.73. The van der Waals surface area contributed by atoms with Gasteiger partial charge in [-0.1, -0.05) is 12.1 Å². The van der Waals surface area contributed by atoms with E-state index in [2.05, 4.69) is 0 Å². The molecule has 1 amide bonds. The third-order valence-electron chi connectivity index (χ3n) is 3.71. The summed E-state index contributed by atoms with van der Waals surface area (Å²) in [7, 11) is -3.72. The number of carboxylic acid groups (broad SMARTS) is 1. The average Bonchev–Trinajstić information content (AvgIpc) is 2.75. The fraction of sp³-hybridized carbons (Fsp3) is 0.429. The fourth-order valence-electron chi connectivity index (χ4n) is 2.81. The molecule has 0 aliphatic carbocycles. The molecule has 1 fully saturated rings. The summed E-state index contributed by atoms with van der Waals surface area (Å²) in [6.45, 7) is 0.102. The van der Waals surface area contributed by atoms with Crippen molar-refractivity contribution in [3.63, 3.8) is 0 Å². The Bertz CT molecular complexity index is 704.